The molecule has 0 spiro atoms. The zero-order valence-electron chi connectivity index (χ0n) is 10.6. The highest BCUT2D eigenvalue weighted by molar-refractivity contribution is 6.05. The highest BCUT2D eigenvalue weighted by Crippen LogP contribution is 2.19. The molecule has 2 N–H and O–H groups in total. The minimum Gasteiger partial charge on any atom is -0.480 e. The number of hydrogen-bond donors (Lipinski definition) is 2. The molecular formula is C13H13N3O4. The van der Waals surface area contributed by atoms with Crippen LogP contribution >= 0.6 is 0 Å². The van der Waals surface area contributed by atoms with Gasteiger partial charge in [-0.05, 0) is 6.07 Å². The van der Waals surface area contributed by atoms with E-state index in [4.69, 9.17) is 9.84 Å². The van der Waals surface area contributed by atoms with Crippen molar-refractivity contribution in [3.05, 3.63) is 30.0 Å². The fourth-order valence-corrected chi connectivity index (χ4v) is 2.31. The first-order chi connectivity index (χ1) is 9.68. The zero-order chi connectivity index (χ0) is 14.1. The lowest BCUT2D eigenvalue weighted by Crippen LogP contribution is -2.52. The minimum atomic E-state index is -1.07. The lowest BCUT2D eigenvalue weighted by atomic mass is 10.1. The van der Waals surface area contributed by atoms with E-state index in [1.165, 1.54) is 4.90 Å². The average Bonchev–Trinajstić information content (AvgIpc) is 2.90. The van der Waals surface area contributed by atoms with Gasteiger partial charge in [0.25, 0.3) is 5.91 Å². The number of carboxylic acids is 1. The summed E-state index contributed by atoms with van der Waals surface area (Å²) in [4.78, 5) is 25.0. The summed E-state index contributed by atoms with van der Waals surface area (Å²) in [5.74, 6) is -1.46. The molecule has 0 radical (unpaired) electrons. The Morgan fingerprint density at radius 1 is 1.40 bits per heavy atom. The molecule has 2 heterocycles. The van der Waals surface area contributed by atoms with E-state index in [1.54, 1.807) is 6.07 Å². The van der Waals surface area contributed by atoms with E-state index in [-0.39, 0.29) is 18.8 Å². The fraction of sp³-hybridized carbons (Fsp3) is 0.308. The predicted molar refractivity (Wildman–Crippen MR) is 69.4 cm³/mol. The number of aromatic amines is 1. The molecule has 104 valence electrons. The second-order valence-electron chi connectivity index (χ2n) is 4.55. The van der Waals surface area contributed by atoms with Crippen LogP contribution in [-0.4, -0.2) is 57.9 Å². The molecule has 1 atom stereocenters. The van der Waals surface area contributed by atoms with E-state index in [0.717, 1.165) is 5.52 Å². The van der Waals surface area contributed by atoms with Crippen molar-refractivity contribution in [2.24, 2.45) is 0 Å². The van der Waals surface area contributed by atoms with Gasteiger partial charge in [-0.2, -0.15) is 5.10 Å². The van der Waals surface area contributed by atoms with Crippen LogP contribution in [0.25, 0.3) is 10.9 Å². The molecule has 7 nitrogen and oxygen atoms in total. The number of morpholine rings is 1. The van der Waals surface area contributed by atoms with Crippen LogP contribution in [-0.2, 0) is 9.53 Å². The van der Waals surface area contributed by atoms with Crippen LogP contribution in [0.5, 0.6) is 0 Å². The van der Waals surface area contributed by atoms with Crippen LogP contribution in [0.4, 0.5) is 0 Å². The van der Waals surface area contributed by atoms with Gasteiger partial charge in [0.05, 0.1) is 18.7 Å². The Bertz CT molecular complexity index is 666. The van der Waals surface area contributed by atoms with Crippen molar-refractivity contribution in [2.75, 3.05) is 19.8 Å². The molecule has 0 aliphatic carbocycles. The van der Waals surface area contributed by atoms with Gasteiger partial charge in [0, 0.05) is 11.9 Å². The van der Waals surface area contributed by atoms with Crippen LogP contribution in [0.2, 0.25) is 0 Å². The second kappa shape index (κ2) is 4.93. The number of aromatic nitrogens is 2. The fourth-order valence-electron chi connectivity index (χ4n) is 2.31. The zero-order valence-corrected chi connectivity index (χ0v) is 10.6. The summed E-state index contributed by atoms with van der Waals surface area (Å²) >= 11 is 0. The molecule has 0 unspecified atom stereocenters. The number of H-pyrrole nitrogens is 1. The Kier molecular flexibility index (Phi) is 3.11. The van der Waals surface area contributed by atoms with Gasteiger partial charge >= 0.3 is 5.97 Å². The van der Waals surface area contributed by atoms with E-state index < -0.39 is 17.9 Å². The number of nitrogens with zero attached hydrogens (tertiary/aromatic N) is 2. The average molecular weight is 275 g/mol. The topological polar surface area (TPSA) is 95.5 Å². The molecule has 1 fully saturated rings. The quantitative estimate of drug-likeness (QED) is 0.831. The van der Waals surface area contributed by atoms with Crippen LogP contribution in [0.1, 0.15) is 10.5 Å². The number of nitrogens with one attached hydrogen (secondary N) is 1. The Morgan fingerprint density at radius 3 is 3.00 bits per heavy atom. The van der Waals surface area contributed by atoms with E-state index in [0.29, 0.717) is 12.0 Å². The maximum atomic E-state index is 12.5. The maximum absolute atomic E-state index is 12.5. The standard InChI is InChI=1S/C13H13N3O4/c17-12(16-5-6-20-7-10(16)13(18)19)11-8-3-1-2-4-9(8)14-15-11/h1-4,10H,5-7H2,(H,14,15)(H,18,19)/t10-/m0/s1. The molecule has 2 aromatic rings. The van der Waals surface area contributed by atoms with E-state index in [2.05, 4.69) is 10.2 Å². The van der Waals surface area contributed by atoms with Gasteiger partial charge in [0.2, 0.25) is 0 Å². The first-order valence-corrected chi connectivity index (χ1v) is 6.23. The Balaban J connectivity index is 1.96. The van der Waals surface area contributed by atoms with Gasteiger partial charge in [-0.1, -0.05) is 18.2 Å². The number of rotatable bonds is 2. The largest absolute Gasteiger partial charge is 0.480 e. The summed E-state index contributed by atoms with van der Waals surface area (Å²) in [6.07, 6.45) is 0. The Morgan fingerprint density at radius 2 is 2.20 bits per heavy atom. The third-order valence-electron chi connectivity index (χ3n) is 3.35. The van der Waals surface area contributed by atoms with Crippen molar-refractivity contribution in [2.45, 2.75) is 6.04 Å². The molecule has 7 heteroatoms. The number of para-hydroxylation sites is 1. The summed E-state index contributed by atoms with van der Waals surface area (Å²) in [5, 5.41) is 16.6. The van der Waals surface area contributed by atoms with Crippen molar-refractivity contribution >= 4 is 22.8 Å². The van der Waals surface area contributed by atoms with Gasteiger partial charge in [-0.25, -0.2) is 4.79 Å². The van der Waals surface area contributed by atoms with Crippen LogP contribution in [0.15, 0.2) is 24.3 Å². The lowest BCUT2D eigenvalue weighted by Gasteiger charge is -2.32. The Hall–Kier alpha value is -2.41. The molecule has 1 aliphatic rings. The number of ether oxygens (including phenoxy) is 1. The molecule has 1 aromatic heterocycles. The van der Waals surface area contributed by atoms with Crippen molar-refractivity contribution in [3.63, 3.8) is 0 Å². The van der Waals surface area contributed by atoms with Gasteiger partial charge in [0.15, 0.2) is 11.7 Å². The van der Waals surface area contributed by atoms with E-state index in [1.807, 2.05) is 18.2 Å². The summed E-state index contributed by atoms with van der Waals surface area (Å²) in [6.45, 7) is 0.582. The number of amides is 1. The number of benzene rings is 1. The predicted octanol–water partition coefficient (Wildman–Crippen LogP) is 0.488. The molecule has 0 bridgehead atoms. The van der Waals surface area contributed by atoms with Crippen molar-refractivity contribution in [1.82, 2.24) is 15.1 Å². The van der Waals surface area contributed by atoms with Gasteiger partial charge < -0.3 is 14.7 Å². The second-order valence-corrected chi connectivity index (χ2v) is 4.55. The Labute approximate surface area is 114 Å². The molecule has 20 heavy (non-hydrogen) atoms. The number of carboxylic acid groups (broad SMARTS) is 1. The molecule has 0 saturated carbocycles. The monoisotopic (exact) mass is 275 g/mol. The van der Waals surface area contributed by atoms with Gasteiger partial charge in [-0.15, -0.1) is 0 Å². The number of carbonyl (C=O) groups excluding carboxylic acids is 1. The van der Waals surface area contributed by atoms with Gasteiger partial charge in [0.1, 0.15) is 0 Å². The van der Waals surface area contributed by atoms with Crippen molar-refractivity contribution in [1.29, 1.82) is 0 Å². The molecule has 3 rings (SSSR count). The highest BCUT2D eigenvalue weighted by Gasteiger charge is 2.34. The lowest BCUT2D eigenvalue weighted by molar-refractivity contribution is -0.147. The molecule has 1 saturated heterocycles. The van der Waals surface area contributed by atoms with Crippen molar-refractivity contribution in [3.8, 4) is 0 Å². The maximum Gasteiger partial charge on any atom is 0.328 e. The number of carbonyl (C=O) groups is 2. The number of hydrogen-bond acceptors (Lipinski definition) is 4. The SMILES string of the molecule is O=C(O)[C@@H]1COCCN1C(=O)c1n[nH]c2ccccc12. The summed E-state index contributed by atoms with van der Waals surface area (Å²) < 4.78 is 5.13. The highest BCUT2D eigenvalue weighted by atomic mass is 16.5. The van der Waals surface area contributed by atoms with Crippen LogP contribution in [0.3, 0.4) is 0 Å². The van der Waals surface area contributed by atoms with Crippen molar-refractivity contribution < 1.29 is 19.4 Å². The molecular weight excluding hydrogens is 262 g/mol. The summed E-state index contributed by atoms with van der Waals surface area (Å²) in [5.41, 5.74) is 0.990. The van der Waals surface area contributed by atoms with E-state index in [9.17, 15) is 9.59 Å². The minimum absolute atomic E-state index is 0.00340. The third-order valence-corrected chi connectivity index (χ3v) is 3.35. The van der Waals surface area contributed by atoms with Crippen LogP contribution in [0, 0.1) is 0 Å². The number of fused-ring (bicyclic) bond motifs is 1. The van der Waals surface area contributed by atoms with Gasteiger partial charge in [-0.3, -0.25) is 9.89 Å². The molecule has 1 amide bonds. The first kappa shape index (κ1) is 12.6. The smallest absolute Gasteiger partial charge is 0.328 e. The molecule has 1 aliphatic heterocycles. The summed E-state index contributed by atoms with van der Waals surface area (Å²) in [6, 6.07) is 6.27. The van der Waals surface area contributed by atoms with E-state index >= 15 is 0 Å². The summed E-state index contributed by atoms with van der Waals surface area (Å²) in [7, 11) is 0. The molecule has 1 aromatic carbocycles. The normalized spacial score (nSPS) is 19.2. The first-order valence-electron chi connectivity index (χ1n) is 6.23. The van der Waals surface area contributed by atoms with Crippen LogP contribution < -0.4 is 0 Å². The number of aliphatic carboxylic acids is 1. The third kappa shape index (κ3) is 2.01.